The molecule has 0 radical (unpaired) electrons. The summed E-state index contributed by atoms with van der Waals surface area (Å²) < 4.78 is 0. The minimum Gasteiger partial charge on any atom is -0.409 e. The summed E-state index contributed by atoms with van der Waals surface area (Å²) in [6.07, 6.45) is 0. The average Bonchev–Trinajstić information content (AvgIpc) is 2.13. The lowest BCUT2D eigenvalue weighted by atomic mass is 10.2. The molecule has 0 unspecified atom stereocenters. The second-order valence-corrected chi connectivity index (χ2v) is 4.52. The van der Waals surface area contributed by atoms with E-state index in [1.54, 1.807) is 0 Å². The summed E-state index contributed by atoms with van der Waals surface area (Å²) in [5.74, 6) is 0.855. The third kappa shape index (κ3) is 8.20. The van der Waals surface area contributed by atoms with Gasteiger partial charge in [0.2, 0.25) is 0 Å². The summed E-state index contributed by atoms with van der Waals surface area (Å²) >= 11 is 0. The minimum atomic E-state index is 0.273. The van der Waals surface area contributed by atoms with Gasteiger partial charge in [0.1, 0.15) is 0 Å². The van der Waals surface area contributed by atoms with E-state index >= 15 is 0 Å². The zero-order valence-corrected chi connectivity index (χ0v) is 10.3. The fourth-order valence-electron chi connectivity index (χ4n) is 1.35. The molecule has 0 spiro atoms. The van der Waals surface area contributed by atoms with Gasteiger partial charge in [0, 0.05) is 19.6 Å². The van der Waals surface area contributed by atoms with Crippen LogP contribution in [0.5, 0.6) is 0 Å². The van der Waals surface area contributed by atoms with E-state index in [0.29, 0.717) is 12.5 Å². The van der Waals surface area contributed by atoms with Crippen molar-refractivity contribution in [1.82, 2.24) is 9.80 Å². The first-order valence-corrected chi connectivity index (χ1v) is 5.29. The molecule has 0 aliphatic heterocycles. The standard InChI is InChI=1S/C10H24N4O/c1-9(2)7-14(6-5-13(3)4)8-10(11)12-15/h9,15H,5-8H2,1-4H3,(H2,11,12). The van der Waals surface area contributed by atoms with E-state index in [4.69, 9.17) is 10.9 Å². The van der Waals surface area contributed by atoms with Crippen LogP contribution in [0.3, 0.4) is 0 Å². The second-order valence-electron chi connectivity index (χ2n) is 4.52. The maximum absolute atomic E-state index is 8.52. The number of amidine groups is 1. The molecule has 3 N–H and O–H groups in total. The lowest BCUT2D eigenvalue weighted by Crippen LogP contribution is -2.40. The lowest BCUT2D eigenvalue weighted by molar-refractivity contribution is 0.239. The summed E-state index contributed by atoms with van der Waals surface area (Å²) in [4.78, 5) is 4.32. The largest absolute Gasteiger partial charge is 0.409 e. The topological polar surface area (TPSA) is 65.1 Å². The van der Waals surface area contributed by atoms with Gasteiger partial charge in [-0.1, -0.05) is 19.0 Å². The van der Waals surface area contributed by atoms with E-state index in [1.165, 1.54) is 0 Å². The molecular weight excluding hydrogens is 192 g/mol. The molecule has 0 fully saturated rings. The van der Waals surface area contributed by atoms with Gasteiger partial charge in [-0.25, -0.2) is 0 Å². The smallest absolute Gasteiger partial charge is 0.153 e. The van der Waals surface area contributed by atoms with Crippen molar-refractivity contribution in [2.24, 2.45) is 16.8 Å². The second kappa shape index (κ2) is 7.48. The van der Waals surface area contributed by atoms with Gasteiger partial charge in [0.25, 0.3) is 0 Å². The molecule has 0 aliphatic carbocycles. The highest BCUT2D eigenvalue weighted by Crippen LogP contribution is 1.98. The predicted octanol–water partition coefficient (Wildman–Crippen LogP) is 0.252. The molecule has 0 aromatic rings. The van der Waals surface area contributed by atoms with E-state index in [9.17, 15) is 0 Å². The van der Waals surface area contributed by atoms with E-state index in [2.05, 4.69) is 28.8 Å². The van der Waals surface area contributed by atoms with Crippen LogP contribution < -0.4 is 5.73 Å². The van der Waals surface area contributed by atoms with Crippen molar-refractivity contribution in [3.63, 3.8) is 0 Å². The van der Waals surface area contributed by atoms with Crippen LogP contribution in [-0.4, -0.2) is 61.1 Å². The van der Waals surface area contributed by atoms with Crippen molar-refractivity contribution in [2.75, 3.05) is 40.3 Å². The first-order valence-electron chi connectivity index (χ1n) is 5.29. The van der Waals surface area contributed by atoms with Gasteiger partial charge in [-0.05, 0) is 20.0 Å². The molecule has 15 heavy (non-hydrogen) atoms. The molecule has 0 rings (SSSR count). The molecular formula is C10H24N4O. The fourth-order valence-corrected chi connectivity index (χ4v) is 1.35. The highest BCUT2D eigenvalue weighted by molar-refractivity contribution is 5.81. The number of nitrogens with two attached hydrogens (primary N) is 1. The first kappa shape index (κ1) is 14.2. The maximum Gasteiger partial charge on any atom is 0.153 e. The van der Waals surface area contributed by atoms with Crippen LogP contribution >= 0.6 is 0 Å². The number of hydrogen-bond acceptors (Lipinski definition) is 4. The third-order valence-electron chi connectivity index (χ3n) is 2.00. The molecule has 0 atom stereocenters. The predicted molar refractivity (Wildman–Crippen MR) is 63.2 cm³/mol. The molecule has 0 amide bonds. The van der Waals surface area contributed by atoms with E-state index in [0.717, 1.165) is 19.6 Å². The van der Waals surface area contributed by atoms with E-state index in [1.807, 2.05) is 14.1 Å². The van der Waals surface area contributed by atoms with Crippen LogP contribution in [0, 0.1) is 5.92 Å². The molecule has 0 bridgehead atoms. The average molecular weight is 216 g/mol. The van der Waals surface area contributed by atoms with Gasteiger partial charge in [-0.3, -0.25) is 4.90 Å². The lowest BCUT2D eigenvalue weighted by Gasteiger charge is -2.24. The van der Waals surface area contributed by atoms with Crippen molar-refractivity contribution in [3.05, 3.63) is 0 Å². The van der Waals surface area contributed by atoms with Crippen molar-refractivity contribution >= 4 is 5.84 Å². The Morgan fingerprint density at radius 3 is 2.33 bits per heavy atom. The monoisotopic (exact) mass is 216 g/mol. The van der Waals surface area contributed by atoms with Crippen LogP contribution in [0.2, 0.25) is 0 Å². The van der Waals surface area contributed by atoms with Gasteiger partial charge in [-0.2, -0.15) is 0 Å². The summed E-state index contributed by atoms with van der Waals surface area (Å²) in [5, 5.41) is 11.5. The van der Waals surface area contributed by atoms with Crippen molar-refractivity contribution in [2.45, 2.75) is 13.8 Å². The molecule has 0 aliphatic rings. The Bertz CT molecular complexity index is 192. The molecule has 5 heteroatoms. The van der Waals surface area contributed by atoms with Crippen LogP contribution in [0.15, 0.2) is 5.16 Å². The third-order valence-corrected chi connectivity index (χ3v) is 2.00. The highest BCUT2D eigenvalue weighted by atomic mass is 16.4. The molecule has 0 saturated carbocycles. The van der Waals surface area contributed by atoms with Gasteiger partial charge in [0.15, 0.2) is 5.84 Å². The van der Waals surface area contributed by atoms with Crippen molar-refractivity contribution in [1.29, 1.82) is 0 Å². The Morgan fingerprint density at radius 2 is 1.93 bits per heavy atom. The zero-order valence-electron chi connectivity index (χ0n) is 10.3. The quantitative estimate of drug-likeness (QED) is 0.277. The van der Waals surface area contributed by atoms with Crippen LogP contribution in [0.25, 0.3) is 0 Å². The number of rotatable bonds is 7. The fraction of sp³-hybridized carbons (Fsp3) is 0.900. The number of likely N-dealkylation sites (N-methyl/N-ethyl adjacent to an activating group) is 1. The van der Waals surface area contributed by atoms with Crippen LogP contribution in [-0.2, 0) is 0 Å². The molecule has 0 aromatic heterocycles. The van der Waals surface area contributed by atoms with Crippen molar-refractivity contribution in [3.8, 4) is 0 Å². The summed E-state index contributed by atoms with van der Waals surface area (Å²) in [6, 6.07) is 0. The van der Waals surface area contributed by atoms with E-state index in [-0.39, 0.29) is 5.84 Å². The minimum absolute atomic E-state index is 0.273. The zero-order chi connectivity index (χ0) is 11.8. The summed E-state index contributed by atoms with van der Waals surface area (Å²) in [5.41, 5.74) is 5.50. The maximum atomic E-state index is 8.52. The molecule has 0 saturated heterocycles. The van der Waals surface area contributed by atoms with Gasteiger partial charge < -0.3 is 15.8 Å². The molecule has 90 valence electrons. The Labute approximate surface area is 92.5 Å². The number of oxime groups is 1. The van der Waals surface area contributed by atoms with Crippen LogP contribution in [0.1, 0.15) is 13.8 Å². The Hall–Kier alpha value is -0.810. The van der Waals surface area contributed by atoms with Crippen molar-refractivity contribution < 1.29 is 5.21 Å². The van der Waals surface area contributed by atoms with Crippen LogP contribution in [0.4, 0.5) is 0 Å². The first-order chi connectivity index (χ1) is 6.95. The Morgan fingerprint density at radius 1 is 1.33 bits per heavy atom. The van der Waals surface area contributed by atoms with Gasteiger partial charge in [0.05, 0.1) is 6.54 Å². The Balaban J connectivity index is 4.06. The van der Waals surface area contributed by atoms with Gasteiger partial charge >= 0.3 is 0 Å². The molecule has 0 heterocycles. The molecule has 5 nitrogen and oxygen atoms in total. The summed E-state index contributed by atoms with van der Waals surface area (Å²) in [7, 11) is 4.08. The molecule has 0 aromatic carbocycles. The van der Waals surface area contributed by atoms with E-state index < -0.39 is 0 Å². The Kier molecular flexibility index (Phi) is 7.07. The highest BCUT2D eigenvalue weighted by Gasteiger charge is 2.09. The van der Waals surface area contributed by atoms with Gasteiger partial charge in [-0.15, -0.1) is 0 Å². The normalized spacial score (nSPS) is 13.1. The SMILES string of the molecule is CC(C)CN(CCN(C)C)CC(N)=NO. The summed E-state index contributed by atoms with van der Waals surface area (Å²) in [6.45, 7) is 7.73. The number of hydrogen-bond donors (Lipinski definition) is 2. The number of nitrogens with zero attached hydrogens (tertiary/aromatic N) is 3.